The average molecular weight is 296 g/mol. The van der Waals surface area contributed by atoms with Gasteiger partial charge in [0.05, 0.1) is 4.47 Å². The Morgan fingerprint density at radius 1 is 1.24 bits per heavy atom. The molecule has 0 N–H and O–H groups in total. The van der Waals surface area contributed by atoms with Gasteiger partial charge in [-0.2, -0.15) is 0 Å². The molecule has 1 aromatic heterocycles. The van der Waals surface area contributed by atoms with Gasteiger partial charge < -0.3 is 4.90 Å². The van der Waals surface area contributed by atoms with E-state index in [9.17, 15) is 0 Å². The van der Waals surface area contributed by atoms with Crippen LogP contribution in [-0.4, -0.2) is 42.6 Å². The van der Waals surface area contributed by atoms with Gasteiger partial charge >= 0.3 is 0 Å². The lowest BCUT2D eigenvalue weighted by atomic mass is 10.2. The van der Waals surface area contributed by atoms with Crippen molar-refractivity contribution < 1.29 is 0 Å². The molecule has 1 saturated carbocycles. The van der Waals surface area contributed by atoms with Crippen LogP contribution in [0.5, 0.6) is 0 Å². The fraction of sp³-hybridized carbons (Fsp3) is 0.615. The molecule has 2 aliphatic rings. The first-order valence-electron chi connectivity index (χ1n) is 6.41. The Labute approximate surface area is 111 Å². The van der Waals surface area contributed by atoms with Gasteiger partial charge in [0.2, 0.25) is 0 Å². The van der Waals surface area contributed by atoms with Crippen LogP contribution in [0.2, 0.25) is 0 Å². The average Bonchev–Trinajstić information content (AvgIpc) is 3.15. The zero-order valence-electron chi connectivity index (χ0n) is 9.98. The van der Waals surface area contributed by atoms with Gasteiger partial charge in [0.25, 0.3) is 0 Å². The Kier molecular flexibility index (Phi) is 3.34. The van der Waals surface area contributed by atoms with Crippen molar-refractivity contribution in [2.45, 2.75) is 12.8 Å². The molecule has 4 heteroatoms. The van der Waals surface area contributed by atoms with Gasteiger partial charge in [0, 0.05) is 38.9 Å². The first-order chi connectivity index (χ1) is 8.33. The van der Waals surface area contributed by atoms with E-state index in [2.05, 4.69) is 36.8 Å². The number of hydrogen-bond acceptors (Lipinski definition) is 3. The van der Waals surface area contributed by atoms with Gasteiger partial charge in [0.15, 0.2) is 0 Å². The van der Waals surface area contributed by atoms with E-state index in [0.29, 0.717) is 0 Å². The normalized spacial score (nSPS) is 21.8. The van der Waals surface area contributed by atoms with Crippen molar-refractivity contribution in [1.29, 1.82) is 0 Å². The number of halogens is 1. The van der Waals surface area contributed by atoms with Gasteiger partial charge in [0.1, 0.15) is 5.82 Å². The SMILES string of the molecule is Brc1cccnc1N1CCN(CC2CC2)CC1. The summed E-state index contributed by atoms with van der Waals surface area (Å²) in [6, 6.07) is 4.04. The summed E-state index contributed by atoms with van der Waals surface area (Å²) in [4.78, 5) is 9.45. The van der Waals surface area contributed by atoms with E-state index in [-0.39, 0.29) is 0 Å². The standard InChI is InChI=1S/C13H18BrN3/c14-12-2-1-5-15-13(12)17-8-6-16(7-9-17)10-11-3-4-11/h1-2,5,11H,3-4,6-10H2. The highest BCUT2D eigenvalue weighted by Gasteiger charge is 2.26. The van der Waals surface area contributed by atoms with Gasteiger partial charge in [-0.3, -0.25) is 4.90 Å². The minimum absolute atomic E-state index is 1.00. The molecule has 0 amide bonds. The number of hydrogen-bond donors (Lipinski definition) is 0. The number of anilines is 1. The predicted molar refractivity (Wildman–Crippen MR) is 73.3 cm³/mol. The summed E-state index contributed by atoms with van der Waals surface area (Å²) in [7, 11) is 0. The number of aromatic nitrogens is 1. The molecule has 17 heavy (non-hydrogen) atoms. The zero-order chi connectivity index (χ0) is 11.7. The summed E-state index contributed by atoms with van der Waals surface area (Å²) < 4.78 is 1.11. The van der Waals surface area contributed by atoms with Gasteiger partial charge in [-0.25, -0.2) is 4.98 Å². The highest BCUT2D eigenvalue weighted by atomic mass is 79.9. The Morgan fingerprint density at radius 3 is 2.65 bits per heavy atom. The topological polar surface area (TPSA) is 19.4 Å². The largest absolute Gasteiger partial charge is 0.353 e. The number of pyridine rings is 1. The third kappa shape index (κ3) is 2.80. The summed E-state index contributed by atoms with van der Waals surface area (Å²) in [5.74, 6) is 2.10. The summed E-state index contributed by atoms with van der Waals surface area (Å²) in [5, 5.41) is 0. The fourth-order valence-corrected chi connectivity index (χ4v) is 2.92. The van der Waals surface area contributed by atoms with E-state index < -0.39 is 0 Å². The molecule has 0 aromatic carbocycles. The maximum atomic E-state index is 4.46. The van der Waals surface area contributed by atoms with E-state index in [4.69, 9.17) is 0 Å². The van der Waals surface area contributed by atoms with Crippen LogP contribution >= 0.6 is 15.9 Å². The molecule has 3 rings (SSSR count). The van der Waals surface area contributed by atoms with Crippen molar-refractivity contribution in [1.82, 2.24) is 9.88 Å². The van der Waals surface area contributed by atoms with E-state index in [1.807, 2.05) is 12.3 Å². The lowest BCUT2D eigenvalue weighted by Crippen LogP contribution is -2.47. The summed E-state index contributed by atoms with van der Waals surface area (Å²) in [5.41, 5.74) is 0. The Bertz CT molecular complexity index is 384. The molecule has 2 fully saturated rings. The van der Waals surface area contributed by atoms with Crippen molar-refractivity contribution in [3.8, 4) is 0 Å². The van der Waals surface area contributed by atoms with Gasteiger partial charge in [-0.15, -0.1) is 0 Å². The third-order valence-electron chi connectivity index (χ3n) is 3.62. The Balaban J connectivity index is 1.58. The number of piperazine rings is 1. The van der Waals surface area contributed by atoms with Gasteiger partial charge in [-0.1, -0.05) is 0 Å². The molecule has 0 atom stereocenters. The van der Waals surface area contributed by atoms with E-state index in [1.165, 1.54) is 32.5 Å². The van der Waals surface area contributed by atoms with Crippen LogP contribution in [0.4, 0.5) is 5.82 Å². The molecule has 0 unspecified atom stereocenters. The Morgan fingerprint density at radius 2 is 2.00 bits per heavy atom. The minimum Gasteiger partial charge on any atom is -0.353 e. The van der Waals surface area contributed by atoms with Gasteiger partial charge in [-0.05, 0) is 46.8 Å². The summed E-state index contributed by atoms with van der Waals surface area (Å²) in [6.45, 7) is 5.88. The molecule has 1 aliphatic carbocycles. The monoisotopic (exact) mass is 295 g/mol. The molecular weight excluding hydrogens is 278 g/mol. The Hall–Kier alpha value is -0.610. The van der Waals surface area contributed by atoms with E-state index in [1.54, 1.807) is 0 Å². The second kappa shape index (κ2) is 4.94. The molecule has 0 radical (unpaired) electrons. The molecule has 2 heterocycles. The van der Waals surface area contributed by atoms with Crippen molar-refractivity contribution in [3.63, 3.8) is 0 Å². The second-order valence-electron chi connectivity index (χ2n) is 5.04. The van der Waals surface area contributed by atoms with Crippen LogP contribution in [0.3, 0.4) is 0 Å². The van der Waals surface area contributed by atoms with Crippen LogP contribution in [0, 0.1) is 5.92 Å². The van der Waals surface area contributed by atoms with Crippen molar-refractivity contribution in [2.24, 2.45) is 5.92 Å². The molecule has 0 bridgehead atoms. The molecule has 1 saturated heterocycles. The highest BCUT2D eigenvalue weighted by molar-refractivity contribution is 9.10. The number of nitrogens with zero attached hydrogens (tertiary/aromatic N) is 3. The predicted octanol–water partition coefficient (Wildman–Crippen LogP) is 2.38. The first kappa shape index (κ1) is 11.5. The van der Waals surface area contributed by atoms with Crippen LogP contribution < -0.4 is 4.90 Å². The van der Waals surface area contributed by atoms with E-state index in [0.717, 1.165) is 29.3 Å². The van der Waals surface area contributed by atoms with Crippen molar-refractivity contribution in [3.05, 3.63) is 22.8 Å². The molecule has 3 nitrogen and oxygen atoms in total. The third-order valence-corrected chi connectivity index (χ3v) is 4.24. The van der Waals surface area contributed by atoms with Crippen LogP contribution in [0.25, 0.3) is 0 Å². The molecule has 92 valence electrons. The minimum atomic E-state index is 1.00. The van der Waals surface area contributed by atoms with Crippen LogP contribution in [-0.2, 0) is 0 Å². The van der Waals surface area contributed by atoms with Crippen LogP contribution in [0.15, 0.2) is 22.8 Å². The fourth-order valence-electron chi connectivity index (χ4n) is 2.42. The molecule has 0 spiro atoms. The molecular formula is C13H18BrN3. The first-order valence-corrected chi connectivity index (χ1v) is 7.20. The lowest BCUT2D eigenvalue weighted by molar-refractivity contribution is 0.247. The van der Waals surface area contributed by atoms with E-state index >= 15 is 0 Å². The summed E-state index contributed by atoms with van der Waals surface area (Å²) >= 11 is 3.58. The smallest absolute Gasteiger partial charge is 0.142 e. The summed E-state index contributed by atoms with van der Waals surface area (Å²) in [6.07, 6.45) is 4.77. The lowest BCUT2D eigenvalue weighted by Gasteiger charge is -2.35. The quantitative estimate of drug-likeness (QED) is 0.853. The van der Waals surface area contributed by atoms with Crippen LogP contribution in [0.1, 0.15) is 12.8 Å². The zero-order valence-corrected chi connectivity index (χ0v) is 11.6. The molecule has 1 aromatic rings. The highest BCUT2D eigenvalue weighted by Crippen LogP contribution is 2.30. The maximum Gasteiger partial charge on any atom is 0.142 e. The van der Waals surface area contributed by atoms with Crippen molar-refractivity contribution >= 4 is 21.7 Å². The second-order valence-corrected chi connectivity index (χ2v) is 5.89. The maximum absolute atomic E-state index is 4.46. The number of rotatable bonds is 3. The van der Waals surface area contributed by atoms with Crippen molar-refractivity contribution in [2.75, 3.05) is 37.6 Å². The molecule has 1 aliphatic heterocycles.